The number of hydrogen-bond acceptors (Lipinski definition) is 2. The molecule has 8 heteroatoms. The summed E-state index contributed by atoms with van der Waals surface area (Å²) in [6.45, 7) is 0. The number of pyridine rings is 1. The van der Waals surface area contributed by atoms with Gasteiger partial charge in [-0.3, -0.25) is 4.98 Å². The predicted octanol–water partition coefficient (Wildman–Crippen LogP) is 3.80. The molecule has 0 saturated heterocycles. The van der Waals surface area contributed by atoms with E-state index < -0.39 is 35.0 Å². The number of alkyl halides is 6. The molecule has 17 heavy (non-hydrogen) atoms. The fraction of sp³-hybridized carbons (Fsp3) is 0.333. The van der Waals surface area contributed by atoms with Crippen molar-refractivity contribution >= 4 is 15.9 Å². The number of halogens is 6. The molecule has 0 N–H and O–H groups in total. The van der Waals surface area contributed by atoms with Crippen LogP contribution in [0.15, 0.2) is 6.20 Å². The maximum atomic E-state index is 12.7. The van der Waals surface area contributed by atoms with E-state index in [4.69, 9.17) is 5.26 Å². The van der Waals surface area contributed by atoms with Crippen molar-refractivity contribution in [2.75, 3.05) is 0 Å². The molecule has 0 unspecified atom stereocenters. The standard InChI is InChI=1S/C9H4BrF5N2/c10-1-6-7(9(13,14)15)4(2-16)5(3-17-6)8(11)12/h3,8H,1H2. The third-order valence-electron chi connectivity index (χ3n) is 1.94. The molecule has 92 valence electrons. The second-order valence-corrected chi connectivity index (χ2v) is 3.51. The van der Waals surface area contributed by atoms with E-state index in [-0.39, 0.29) is 5.33 Å². The second-order valence-electron chi connectivity index (χ2n) is 2.95. The van der Waals surface area contributed by atoms with Crippen LogP contribution < -0.4 is 0 Å². The molecule has 0 aliphatic heterocycles. The highest BCUT2D eigenvalue weighted by molar-refractivity contribution is 9.08. The Labute approximate surface area is 101 Å². The van der Waals surface area contributed by atoms with Gasteiger partial charge < -0.3 is 0 Å². The average molecular weight is 315 g/mol. The molecule has 0 aliphatic rings. The van der Waals surface area contributed by atoms with Crippen molar-refractivity contribution in [1.29, 1.82) is 5.26 Å². The van der Waals surface area contributed by atoms with E-state index in [1.54, 1.807) is 0 Å². The quantitative estimate of drug-likeness (QED) is 0.615. The largest absolute Gasteiger partial charge is 0.419 e. The van der Waals surface area contributed by atoms with Gasteiger partial charge in [-0.25, -0.2) is 8.78 Å². The molecule has 0 saturated carbocycles. The molecule has 0 fully saturated rings. The topological polar surface area (TPSA) is 36.7 Å². The van der Waals surface area contributed by atoms with E-state index in [9.17, 15) is 22.0 Å². The van der Waals surface area contributed by atoms with Crippen LogP contribution in [0.1, 0.15) is 28.8 Å². The Morgan fingerprint density at radius 1 is 1.41 bits per heavy atom. The molecule has 0 bridgehead atoms. The van der Waals surface area contributed by atoms with Crippen LogP contribution in [0, 0.1) is 11.3 Å². The summed E-state index contributed by atoms with van der Waals surface area (Å²) >= 11 is 2.77. The van der Waals surface area contributed by atoms with Gasteiger partial charge >= 0.3 is 6.18 Å². The monoisotopic (exact) mass is 314 g/mol. The fourth-order valence-electron chi connectivity index (χ4n) is 1.26. The van der Waals surface area contributed by atoms with Crippen molar-refractivity contribution in [3.63, 3.8) is 0 Å². The van der Waals surface area contributed by atoms with E-state index >= 15 is 0 Å². The summed E-state index contributed by atoms with van der Waals surface area (Å²) in [5.74, 6) is 0. The number of hydrogen-bond donors (Lipinski definition) is 0. The molecule has 1 heterocycles. The first-order valence-electron chi connectivity index (χ1n) is 4.16. The minimum absolute atomic E-state index is 0.278. The lowest BCUT2D eigenvalue weighted by molar-refractivity contribution is -0.138. The summed E-state index contributed by atoms with van der Waals surface area (Å²) in [5, 5.41) is 8.33. The second kappa shape index (κ2) is 4.96. The lowest BCUT2D eigenvalue weighted by Gasteiger charge is -2.14. The smallest absolute Gasteiger partial charge is 0.259 e. The summed E-state index contributed by atoms with van der Waals surface area (Å²) in [7, 11) is 0. The van der Waals surface area contributed by atoms with Crippen molar-refractivity contribution in [2.24, 2.45) is 0 Å². The van der Waals surface area contributed by atoms with E-state index in [0.29, 0.717) is 6.20 Å². The van der Waals surface area contributed by atoms with Crippen LogP contribution in [0.2, 0.25) is 0 Å². The summed E-state index contributed by atoms with van der Waals surface area (Å²) in [6.07, 6.45) is -7.48. The Morgan fingerprint density at radius 3 is 2.35 bits per heavy atom. The van der Waals surface area contributed by atoms with Gasteiger partial charge in [0.2, 0.25) is 0 Å². The molecule has 0 aliphatic carbocycles. The molecule has 0 aromatic carbocycles. The van der Waals surface area contributed by atoms with Gasteiger partial charge in [-0.15, -0.1) is 0 Å². The Morgan fingerprint density at radius 2 is 2.00 bits per heavy atom. The molecule has 0 atom stereocenters. The van der Waals surface area contributed by atoms with Gasteiger partial charge in [0.15, 0.2) is 0 Å². The molecule has 0 spiro atoms. The zero-order valence-corrected chi connectivity index (χ0v) is 9.61. The van der Waals surface area contributed by atoms with Gasteiger partial charge in [-0.05, 0) is 0 Å². The minimum Gasteiger partial charge on any atom is -0.259 e. The normalized spacial score (nSPS) is 11.6. The molecule has 1 aromatic heterocycles. The van der Waals surface area contributed by atoms with E-state index in [1.807, 2.05) is 0 Å². The van der Waals surface area contributed by atoms with Gasteiger partial charge in [-0.1, -0.05) is 15.9 Å². The van der Waals surface area contributed by atoms with Crippen LogP contribution in [0.5, 0.6) is 0 Å². The Bertz CT molecular complexity index is 464. The number of nitriles is 1. The molecule has 1 aromatic rings. The third-order valence-corrected chi connectivity index (χ3v) is 2.47. The van der Waals surface area contributed by atoms with Gasteiger partial charge in [0.1, 0.15) is 6.07 Å². The first-order valence-corrected chi connectivity index (χ1v) is 5.28. The maximum absolute atomic E-state index is 12.7. The van der Waals surface area contributed by atoms with Gasteiger partial charge in [0.25, 0.3) is 6.43 Å². The van der Waals surface area contributed by atoms with Gasteiger partial charge in [0, 0.05) is 11.5 Å². The lowest BCUT2D eigenvalue weighted by atomic mass is 10.0. The van der Waals surface area contributed by atoms with Crippen LogP contribution in [0.3, 0.4) is 0 Å². The zero-order valence-electron chi connectivity index (χ0n) is 8.02. The number of nitrogens with zero attached hydrogens (tertiary/aromatic N) is 2. The molecule has 0 radical (unpaired) electrons. The van der Waals surface area contributed by atoms with Crippen LogP contribution >= 0.6 is 15.9 Å². The Hall–Kier alpha value is -1.23. The van der Waals surface area contributed by atoms with Crippen LogP contribution in [0.25, 0.3) is 0 Å². The minimum atomic E-state index is -4.90. The van der Waals surface area contributed by atoms with Crippen molar-refractivity contribution in [3.8, 4) is 6.07 Å². The zero-order chi connectivity index (χ0) is 13.2. The molecular formula is C9H4BrF5N2. The van der Waals surface area contributed by atoms with Crippen molar-refractivity contribution in [2.45, 2.75) is 17.9 Å². The highest BCUT2D eigenvalue weighted by Gasteiger charge is 2.39. The highest BCUT2D eigenvalue weighted by atomic mass is 79.9. The van der Waals surface area contributed by atoms with E-state index in [1.165, 1.54) is 6.07 Å². The Balaban J connectivity index is 3.63. The van der Waals surface area contributed by atoms with Crippen LogP contribution in [-0.4, -0.2) is 4.98 Å². The Kier molecular flexibility index (Phi) is 4.03. The SMILES string of the molecule is N#Cc1c(C(F)F)cnc(CBr)c1C(F)(F)F. The fourth-order valence-corrected chi connectivity index (χ4v) is 1.68. The van der Waals surface area contributed by atoms with Gasteiger partial charge in [0.05, 0.1) is 22.4 Å². The summed E-state index contributed by atoms with van der Waals surface area (Å²) in [4.78, 5) is 3.30. The molecular weight excluding hydrogens is 311 g/mol. The average Bonchev–Trinajstić information content (AvgIpc) is 2.25. The van der Waals surface area contributed by atoms with Gasteiger partial charge in [-0.2, -0.15) is 18.4 Å². The van der Waals surface area contributed by atoms with Crippen molar-refractivity contribution < 1.29 is 22.0 Å². The maximum Gasteiger partial charge on any atom is 0.419 e. The highest BCUT2D eigenvalue weighted by Crippen LogP contribution is 2.37. The van der Waals surface area contributed by atoms with Crippen LogP contribution in [0.4, 0.5) is 22.0 Å². The van der Waals surface area contributed by atoms with Crippen molar-refractivity contribution in [1.82, 2.24) is 4.98 Å². The summed E-state index contributed by atoms with van der Waals surface area (Å²) in [6, 6.07) is 1.17. The summed E-state index contributed by atoms with van der Waals surface area (Å²) < 4.78 is 62.9. The molecule has 2 nitrogen and oxygen atoms in total. The summed E-state index contributed by atoms with van der Waals surface area (Å²) in [5.41, 5.74) is -3.98. The molecule has 1 rings (SSSR count). The molecule has 0 amide bonds. The lowest BCUT2D eigenvalue weighted by Crippen LogP contribution is -2.15. The van der Waals surface area contributed by atoms with E-state index in [0.717, 1.165) is 0 Å². The van der Waals surface area contributed by atoms with E-state index in [2.05, 4.69) is 20.9 Å². The predicted molar refractivity (Wildman–Crippen MR) is 51.5 cm³/mol. The van der Waals surface area contributed by atoms with Crippen molar-refractivity contribution in [3.05, 3.63) is 28.6 Å². The van der Waals surface area contributed by atoms with Crippen LogP contribution in [-0.2, 0) is 11.5 Å². The first-order chi connectivity index (χ1) is 7.82. The third kappa shape index (κ3) is 2.72. The number of rotatable bonds is 2. The first kappa shape index (κ1) is 13.8. The number of aromatic nitrogens is 1.